The Hall–Kier alpha value is -1.02. The Morgan fingerprint density at radius 2 is 1.80 bits per heavy atom. The van der Waals surface area contributed by atoms with Gasteiger partial charge in [-0.05, 0) is 49.4 Å². The van der Waals surface area contributed by atoms with Crippen molar-refractivity contribution >= 4 is 17.9 Å². The number of carbonyl (C=O) groups excluding carboxylic acids is 1. The summed E-state index contributed by atoms with van der Waals surface area (Å²) in [5, 5.41) is 10.1. The van der Waals surface area contributed by atoms with Crippen LogP contribution in [0.3, 0.4) is 0 Å². The van der Waals surface area contributed by atoms with Gasteiger partial charge in [0.2, 0.25) is 0 Å². The van der Waals surface area contributed by atoms with Gasteiger partial charge in [0.25, 0.3) is 0 Å². The summed E-state index contributed by atoms with van der Waals surface area (Å²) in [6.45, 7) is 5.65. The highest BCUT2D eigenvalue weighted by Crippen LogP contribution is 2.36. The number of carbonyl (C=O) groups is 1. The van der Waals surface area contributed by atoms with E-state index in [-0.39, 0.29) is 5.75 Å². The van der Waals surface area contributed by atoms with E-state index in [2.05, 4.69) is 0 Å². The Balaban J connectivity index is 3.31. The van der Waals surface area contributed by atoms with Crippen molar-refractivity contribution in [3.63, 3.8) is 0 Å². The number of hydrogen-bond donors (Lipinski definition) is 1. The Bertz CT molecular complexity index is 368. The predicted molar refractivity (Wildman–Crippen MR) is 61.7 cm³/mol. The van der Waals surface area contributed by atoms with Gasteiger partial charge in [-0.15, -0.1) is 0 Å². The molecule has 0 radical (unpaired) electrons. The maximum absolute atomic E-state index is 10.4. The SMILES string of the molecule is Cc1c(C)c(CCC=O)c(C)c(Cl)c1O. The van der Waals surface area contributed by atoms with Crippen molar-refractivity contribution in [2.24, 2.45) is 0 Å². The summed E-state index contributed by atoms with van der Waals surface area (Å²) in [4.78, 5) is 10.4. The molecule has 1 aromatic carbocycles. The molecule has 0 bridgehead atoms. The molecule has 0 aliphatic heterocycles. The van der Waals surface area contributed by atoms with Crippen LogP contribution in [0.1, 0.15) is 28.7 Å². The van der Waals surface area contributed by atoms with Gasteiger partial charge in [-0.1, -0.05) is 11.6 Å². The monoisotopic (exact) mass is 226 g/mol. The van der Waals surface area contributed by atoms with Crippen LogP contribution in [0.2, 0.25) is 5.02 Å². The fourth-order valence-corrected chi connectivity index (χ4v) is 1.99. The quantitative estimate of drug-likeness (QED) is 0.805. The lowest BCUT2D eigenvalue weighted by atomic mass is 9.94. The van der Waals surface area contributed by atoms with Crippen molar-refractivity contribution in [3.05, 3.63) is 27.3 Å². The van der Waals surface area contributed by atoms with Crippen LogP contribution in [0.25, 0.3) is 0 Å². The number of phenolic OH excluding ortho intramolecular Hbond substituents is 1. The smallest absolute Gasteiger partial charge is 0.137 e. The lowest BCUT2D eigenvalue weighted by Crippen LogP contribution is -1.99. The molecule has 0 heterocycles. The first-order valence-corrected chi connectivity index (χ1v) is 5.29. The summed E-state index contributed by atoms with van der Waals surface area (Å²) < 4.78 is 0. The summed E-state index contributed by atoms with van der Waals surface area (Å²) >= 11 is 6.00. The Labute approximate surface area is 94.9 Å². The van der Waals surface area contributed by atoms with Gasteiger partial charge in [-0.3, -0.25) is 0 Å². The molecule has 0 amide bonds. The van der Waals surface area contributed by atoms with E-state index in [0.29, 0.717) is 17.9 Å². The molecule has 3 heteroatoms. The van der Waals surface area contributed by atoms with Crippen molar-refractivity contribution < 1.29 is 9.90 Å². The van der Waals surface area contributed by atoms with Crippen molar-refractivity contribution in [1.82, 2.24) is 0 Å². The van der Waals surface area contributed by atoms with Crippen LogP contribution in [0.15, 0.2) is 0 Å². The number of hydrogen-bond acceptors (Lipinski definition) is 2. The molecule has 0 fully saturated rings. The summed E-state index contributed by atoms with van der Waals surface area (Å²) in [6.07, 6.45) is 2.07. The Morgan fingerprint density at radius 3 is 2.33 bits per heavy atom. The molecule has 1 rings (SSSR count). The lowest BCUT2D eigenvalue weighted by Gasteiger charge is -2.15. The normalized spacial score (nSPS) is 10.4. The molecule has 0 aliphatic carbocycles. The standard InChI is InChI=1S/C12H15ClO2/c1-7-8(2)12(15)11(13)9(3)10(7)5-4-6-14/h6,15H,4-5H2,1-3H3. The molecule has 1 N–H and O–H groups in total. The van der Waals surface area contributed by atoms with E-state index in [4.69, 9.17) is 11.6 Å². The number of halogens is 1. The third-order valence-electron chi connectivity index (χ3n) is 2.87. The third kappa shape index (κ3) is 2.15. The van der Waals surface area contributed by atoms with Gasteiger partial charge in [0, 0.05) is 6.42 Å². The van der Waals surface area contributed by atoms with E-state index >= 15 is 0 Å². The summed E-state index contributed by atoms with van der Waals surface area (Å²) in [6, 6.07) is 0. The van der Waals surface area contributed by atoms with Gasteiger partial charge in [-0.2, -0.15) is 0 Å². The summed E-state index contributed by atoms with van der Waals surface area (Å²) in [5.41, 5.74) is 3.77. The van der Waals surface area contributed by atoms with Crippen LogP contribution in [0, 0.1) is 20.8 Å². The fourth-order valence-electron chi connectivity index (χ4n) is 1.74. The van der Waals surface area contributed by atoms with E-state index in [0.717, 1.165) is 28.5 Å². The molecule has 82 valence electrons. The van der Waals surface area contributed by atoms with Gasteiger partial charge < -0.3 is 9.90 Å². The molecule has 0 aliphatic rings. The first-order chi connectivity index (χ1) is 7.00. The maximum Gasteiger partial charge on any atom is 0.137 e. The second-order valence-electron chi connectivity index (χ2n) is 3.72. The van der Waals surface area contributed by atoms with Gasteiger partial charge in [0.15, 0.2) is 0 Å². The lowest BCUT2D eigenvalue weighted by molar-refractivity contribution is -0.107. The van der Waals surface area contributed by atoms with E-state index < -0.39 is 0 Å². The Kier molecular flexibility index (Phi) is 3.75. The maximum atomic E-state index is 10.4. The number of benzene rings is 1. The molecular weight excluding hydrogens is 212 g/mol. The molecule has 15 heavy (non-hydrogen) atoms. The van der Waals surface area contributed by atoms with E-state index in [9.17, 15) is 9.90 Å². The molecule has 0 aromatic heterocycles. The zero-order valence-corrected chi connectivity index (χ0v) is 9.98. The topological polar surface area (TPSA) is 37.3 Å². The van der Waals surface area contributed by atoms with E-state index in [1.54, 1.807) is 0 Å². The van der Waals surface area contributed by atoms with Crippen LogP contribution < -0.4 is 0 Å². The second-order valence-corrected chi connectivity index (χ2v) is 4.10. The molecular formula is C12H15ClO2. The first-order valence-electron chi connectivity index (χ1n) is 4.91. The zero-order valence-electron chi connectivity index (χ0n) is 9.22. The summed E-state index contributed by atoms with van der Waals surface area (Å²) in [5.74, 6) is 0.154. The van der Waals surface area contributed by atoms with Gasteiger partial charge in [0.05, 0.1) is 5.02 Å². The molecule has 0 atom stereocenters. The minimum absolute atomic E-state index is 0.154. The third-order valence-corrected chi connectivity index (χ3v) is 3.33. The second kappa shape index (κ2) is 4.67. The van der Waals surface area contributed by atoms with E-state index in [1.165, 1.54) is 0 Å². The highest BCUT2D eigenvalue weighted by atomic mass is 35.5. The molecule has 2 nitrogen and oxygen atoms in total. The Morgan fingerprint density at radius 1 is 1.20 bits per heavy atom. The van der Waals surface area contributed by atoms with Crippen molar-refractivity contribution in [3.8, 4) is 5.75 Å². The molecule has 0 saturated carbocycles. The van der Waals surface area contributed by atoms with Gasteiger partial charge in [0.1, 0.15) is 12.0 Å². The van der Waals surface area contributed by atoms with Gasteiger partial charge in [-0.25, -0.2) is 0 Å². The average Bonchev–Trinajstić information content (AvgIpc) is 2.24. The minimum atomic E-state index is 0.154. The van der Waals surface area contributed by atoms with E-state index in [1.807, 2.05) is 20.8 Å². The van der Waals surface area contributed by atoms with Gasteiger partial charge >= 0.3 is 0 Å². The van der Waals surface area contributed by atoms with Crippen LogP contribution in [-0.2, 0) is 11.2 Å². The highest BCUT2D eigenvalue weighted by Gasteiger charge is 2.14. The molecule has 0 saturated heterocycles. The zero-order chi connectivity index (χ0) is 11.6. The molecule has 1 aromatic rings. The minimum Gasteiger partial charge on any atom is -0.506 e. The number of phenols is 1. The molecule has 0 unspecified atom stereocenters. The van der Waals surface area contributed by atoms with Crippen LogP contribution >= 0.6 is 11.6 Å². The highest BCUT2D eigenvalue weighted by molar-refractivity contribution is 6.33. The average molecular weight is 227 g/mol. The number of aldehydes is 1. The largest absolute Gasteiger partial charge is 0.506 e. The van der Waals surface area contributed by atoms with Crippen molar-refractivity contribution in [2.75, 3.05) is 0 Å². The fraction of sp³-hybridized carbons (Fsp3) is 0.417. The van der Waals surface area contributed by atoms with Crippen molar-refractivity contribution in [1.29, 1.82) is 0 Å². The van der Waals surface area contributed by atoms with Crippen LogP contribution in [-0.4, -0.2) is 11.4 Å². The first kappa shape index (κ1) is 12.1. The van der Waals surface area contributed by atoms with Crippen LogP contribution in [0.4, 0.5) is 0 Å². The number of aromatic hydroxyl groups is 1. The number of rotatable bonds is 3. The van der Waals surface area contributed by atoms with Crippen molar-refractivity contribution in [2.45, 2.75) is 33.6 Å². The summed E-state index contributed by atoms with van der Waals surface area (Å²) in [7, 11) is 0. The molecule has 0 spiro atoms. The van der Waals surface area contributed by atoms with Crippen LogP contribution in [0.5, 0.6) is 5.75 Å². The predicted octanol–water partition coefficient (Wildman–Crippen LogP) is 3.10.